The Kier molecular flexibility index (Phi) is 7.44. The van der Waals surface area contributed by atoms with E-state index in [0.717, 1.165) is 25.8 Å². The molecule has 0 aliphatic heterocycles. The van der Waals surface area contributed by atoms with Crippen LogP contribution in [0, 0.1) is 0 Å². The van der Waals surface area contributed by atoms with Gasteiger partial charge in [-0.1, -0.05) is 36.8 Å². The maximum absolute atomic E-state index is 11.5. The van der Waals surface area contributed by atoms with Crippen molar-refractivity contribution in [1.82, 2.24) is 5.32 Å². The van der Waals surface area contributed by atoms with Gasteiger partial charge in [0, 0.05) is 12.5 Å². The van der Waals surface area contributed by atoms with Crippen molar-refractivity contribution in [2.45, 2.75) is 65.0 Å². The van der Waals surface area contributed by atoms with Crippen molar-refractivity contribution in [3.8, 4) is 0 Å². The SMILES string of the molecule is C[C@H](NCCCCCC(=O)OC(C)(C)C)c1ccccc1. The zero-order valence-electron chi connectivity index (χ0n) is 13.8. The Morgan fingerprint density at radius 1 is 1.14 bits per heavy atom. The first kappa shape index (κ1) is 17.7. The van der Waals surface area contributed by atoms with Crippen molar-refractivity contribution >= 4 is 5.97 Å². The highest BCUT2D eigenvalue weighted by molar-refractivity contribution is 5.69. The van der Waals surface area contributed by atoms with Crippen LogP contribution < -0.4 is 5.32 Å². The van der Waals surface area contributed by atoms with Crippen LogP contribution in [0.15, 0.2) is 30.3 Å². The van der Waals surface area contributed by atoms with Crippen molar-refractivity contribution in [3.63, 3.8) is 0 Å². The molecule has 0 radical (unpaired) electrons. The highest BCUT2D eigenvalue weighted by Gasteiger charge is 2.15. The Hall–Kier alpha value is -1.35. The Labute approximate surface area is 129 Å². The van der Waals surface area contributed by atoms with Crippen LogP contribution in [-0.2, 0) is 9.53 Å². The predicted molar refractivity (Wildman–Crippen MR) is 87.2 cm³/mol. The first-order valence-corrected chi connectivity index (χ1v) is 7.88. The summed E-state index contributed by atoms with van der Waals surface area (Å²) in [7, 11) is 0. The molecule has 3 nitrogen and oxygen atoms in total. The maximum atomic E-state index is 11.5. The molecule has 0 heterocycles. The summed E-state index contributed by atoms with van der Waals surface area (Å²) in [5.74, 6) is -0.0897. The molecule has 1 rings (SSSR count). The minimum Gasteiger partial charge on any atom is -0.460 e. The van der Waals surface area contributed by atoms with E-state index in [1.807, 2.05) is 26.8 Å². The van der Waals surface area contributed by atoms with Gasteiger partial charge in [-0.2, -0.15) is 0 Å². The van der Waals surface area contributed by atoms with Crippen LogP contribution in [0.2, 0.25) is 0 Å². The molecule has 21 heavy (non-hydrogen) atoms. The van der Waals surface area contributed by atoms with Gasteiger partial charge in [0.1, 0.15) is 5.60 Å². The number of hydrogen-bond donors (Lipinski definition) is 1. The largest absolute Gasteiger partial charge is 0.460 e. The van der Waals surface area contributed by atoms with Crippen molar-refractivity contribution < 1.29 is 9.53 Å². The van der Waals surface area contributed by atoms with Gasteiger partial charge in [-0.05, 0) is 52.6 Å². The first-order chi connectivity index (χ1) is 9.88. The van der Waals surface area contributed by atoms with Gasteiger partial charge in [0.2, 0.25) is 0 Å². The van der Waals surface area contributed by atoms with Crippen LogP contribution >= 0.6 is 0 Å². The lowest BCUT2D eigenvalue weighted by Gasteiger charge is -2.19. The van der Waals surface area contributed by atoms with Gasteiger partial charge >= 0.3 is 5.97 Å². The number of rotatable bonds is 8. The standard InChI is InChI=1S/C18H29NO2/c1-15(16-11-7-5-8-12-16)19-14-10-6-9-13-17(20)21-18(2,3)4/h5,7-8,11-12,15,19H,6,9-10,13-14H2,1-4H3/t15-/m0/s1. The van der Waals surface area contributed by atoms with E-state index in [2.05, 4.69) is 36.5 Å². The van der Waals surface area contributed by atoms with E-state index in [1.165, 1.54) is 5.56 Å². The van der Waals surface area contributed by atoms with Gasteiger partial charge < -0.3 is 10.1 Å². The summed E-state index contributed by atoms with van der Waals surface area (Å²) in [4.78, 5) is 11.5. The second-order valence-corrected chi connectivity index (χ2v) is 6.48. The molecule has 0 aromatic heterocycles. The highest BCUT2D eigenvalue weighted by atomic mass is 16.6. The monoisotopic (exact) mass is 291 g/mol. The van der Waals surface area contributed by atoms with Gasteiger partial charge in [0.15, 0.2) is 0 Å². The lowest BCUT2D eigenvalue weighted by atomic mass is 10.1. The fourth-order valence-corrected chi connectivity index (χ4v) is 2.14. The molecule has 1 atom stereocenters. The molecule has 0 saturated carbocycles. The molecule has 0 fully saturated rings. The molecule has 1 aromatic carbocycles. The number of nitrogens with one attached hydrogen (secondary N) is 1. The van der Waals surface area contributed by atoms with Crippen molar-refractivity contribution in [1.29, 1.82) is 0 Å². The number of ether oxygens (including phenoxy) is 1. The smallest absolute Gasteiger partial charge is 0.306 e. The molecule has 3 heteroatoms. The molecule has 0 saturated heterocycles. The minimum atomic E-state index is -0.371. The minimum absolute atomic E-state index is 0.0897. The summed E-state index contributed by atoms with van der Waals surface area (Å²) in [6, 6.07) is 10.8. The van der Waals surface area contributed by atoms with Crippen LogP contribution in [0.1, 0.15) is 65.0 Å². The lowest BCUT2D eigenvalue weighted by molar-refractivity contribution is -0.154. The van der Waals surface area contributed by atoms with E-state index in [0.29, 0.717) is 12.5 Å². The predicted octanol–water partition coefficient (Wildman–Crippen LogP) is 4.24. The molecule has 0 bridgehead atoms. The molecule has 0 aliphatic carbocycles. The van der Waals surface area contributed by atoms with Crippen LogP contribution in [-0.4, -0.2) is 18.1 Å². The van der Waals surface area contributed by atoms with Crippen LogP contribution in [0.3, 0.4) is 0 Å². The van der Waals surface area contributed by atoms with Crippen LogP contribution in [0.4, 0.5) is 0 Å². The molecule has 118 valence electrons. The number of carbonyl (C=O) groups excluding carboxylic acids is 1. The molecule has 0 amide bonds. The highest BCUT2D eigenvalue weighted by Crippen LogP contribution is 2.12. The van der Waals surface area contributed by atoms with E-state index in [4.69, 9.17) is 4.74 Å². The van der Waals surface area contributed by atoms with Gasteiger partial charge in [-0.15, -0.1) is 0 Å². The summed E-state index contributed by atoms with van der Waals surface area (Å²) in [6.45, 7) is 8.86. The number of carbonyl (C=O) groups is 1. The molecule has 0 aliphatic rings. The number of hydrogen-bond acceptors (Lipinski definition) is 3. The zero-order chi connectivity index (χ0) is 15.7. The normalized spacial score (nSPS) is 13.0. The average molecular weight is 291 g/mol. The zero-order valence-corrected chi connectivity index (χ0v) is 13.8. The quantitative estimate of drug-likeness (QED) is 0.575. The average Bonchev–Trinajstić information content (AvgIpc) is 2.41. The van der Waals surface area contributed by atoms with Crippen molar-refractivity contribution in [2.24, 2.45) is 0 Å². The van der Waals surface area contributed by atoms with E-state index in [9.17, 15) is 4.79 Å². The van der Waals surface area contributed by atoms with Crippen molar-refractivity contribution in [3.05, 3.63) is 35.9 Å². The van der Waals surface area contributed by atoms with Crippen LogP contribution in [0.25, 0.3) is 0 Å². The van der Waals surface area contributed by atoms with E-state index in [-0.39, 0.29) is 11.6 Å². The number of esters is 1. The fraction of sp³-hybridized carbons (Fsp3) is 0.611. The topological polar surface area (TPSA) is 38.3 Å². The fourth-order valence-electron chi connectivity index (χ4n) is 2.14. The lowest BCUT2D eigenvalue weighted by Crippen LogP contribution is -2.23. The molecule has 1 aromatic rings. The number of benzene rings is 1. The van der Waals surface area contributed by atoms with E-state index < -0.39 is 0 Å². The Morgan fingerprint density at radius 3 is 2.43 bits per heavy atom. The first-order valence-electron chi connectivity index (χ1n) is 7.88. The Bertz CT molecular complexity index is 409. The van der Waals surface area contributed by atoms with E-state index >= 15 is 0 Å². The molecule has 0 spiro atoms. The number of unbranched alkanes of at least 4 members (excludes halogenated alkanes) is 2. The molecule has 1 N–H and O–H groups in total. The molecular weight excluding hydrogens is 262 g/mol. The summed E-state index contributed by atoms with van der Waals surface area (Å²) >= 11 is 0. The van der Waals surface area contributed by atoms with Crippen molar-refractivity contribution in [2.75, 3.05) is 6.54 Å². The van der Waals surface area contributed by atoms with Gasteiger partial charge in [-0.3, -0.25) is 4.79 Å². The third-order valence-corrected chi connectivity index (χ3v) is 3.23. The third kappa shape index (κ3) is 8.51. The third-order valence-electron chi connectivity index (χ3n) is 3.23. The van der Waals surface area contributed by atoms with E-state index in [1.54, 1.807) is 0 Å². The molecule has 0 unspecified atom stereocenters. The summed E-state index contributed by atoms with van der Waals surface area (Å²) in [5.41, 5.74) is 0.940. The van der Waals surface area contributed by atoms with Gasteiger partial charge in [-0.25, -0.2) is 0 Å². The maximum Gasteiger partial charge on any atom is 0.306 e. The Morgan fingerprint density at radius 2 is 1.81 bits per heavy atom. The Balaban J connectivity index is 2.06. The van der Waals surface area contributed by atoms with Gasteiger partial charge in [0.25, 0.3) is 0 Å². The summed E-state index contributed by atoms with van der Waals surface area (Å²) in [6.07, 6.45) is 3.55. The van der Waals surface area contributed by atoms with Gasteiger partial charge in [0.05, 0.1) is 0 Å². The summed E-state index contributed by atoms with van der Waals surface area (Å²) in [5, 5.41) is 3.51. The second-order valence-electron chi connectivity index (χ2n) is 6.48. The second kappa shape index (κ2) is 8.83. The summed E-state index contributed by atoms with van der Waals surface area (Å²) < 4.78 is 5.29. The molecular formula is C18H29NO2. The van der Waals surface area contributed by atoms with Crippen LogP contribution in [0.5, 0.6) is 0 Å².